The molecule has 0 saturated heterocycles. The molecule has 0 bridgehead atoms. The minimum Gasteiger partial charge on any atom is -0.423 e. The van der Waals surface area contributed by atoms with Gasteiger partial charge in [0.25, 0.3) is 0 Å². The highest BCUT2D eigenvalue weighted by molar-refractivity contribution is 6.33. The SMILES string of the molecule is Cc1cc2oc(=O)cc(CNc3ccccc3Cl)c2cc1Cl. The summed E-state index contributed by atoms with van der Waals surface area (Å²) >= 11 is 12.3. The monoisotopic (exact) mass is 333 g/mol. The first kappa shape index (κ1) is 14.9. The van der Waals surface area contributed by atoms with Gasteiger partial charge in [0, 0.05) is 23.0 Å². The van der Waals surface area contributed by atoms with E-state index in [4.69, 9.17) is 27.6 Å². The van der Waals surface area contributed by atoms with Crippen LogP contribution in [0.25, 0.3) is 11.0 Å². The van der Waals surface area contributed by atoms with Crippen LogP contribution < -0.4 is 10.9 Å². The Bertz CT molecular complexity index is 903. The fourth-order valence-corrected chi connectivity index (χ4v) is 2.66. The largest absolute Gasteiger partial charge is 0.423 e. The third kappa shape index (κ3) is 2.96. The van der Waals surface area contributed by atoms with Crippen LogP contribution in [0.2, 0.25) is 10.0 Å². The van der Waals surface area contributed by atoms with Crippen molar-refractivity contribution in [3.8, 4) is 0 Å². The molecule has 3 aromatic rings. The van der Waals surface area contributed by atoms with E-state index in [1.807, 2.05) is 37.3 Å². The van der Waals surface area contributed by atoms with Crippen LogP contribution in [0, 0.1) is 6.92 Å². The third-order valence-corrected chi connectivity index (χ3v) is 4.19. The Labute approximate surface area is 137 Å². The fraction of sp³-hybridized carbons (Fsp3) is 0.118. The van der Waals surface area contributed by atoms with Gasteiger partial charge in [-0.15, -0.1) is 0 Å². The van der Waals surface area contributed by atoms with Gasteiger partial charge in [-0.3, -0.25) is 0 Å². The van der Waals surface area contributed by atoms with Crippen molar-refractivity contribution in [3.63, 3.8) is 0 Å². The fourth-order valence-electron chi connectivity index (χ4n) is 2.29. The second-order valence-electron chi connectivity index (χ2n) is 5.02. The molecule has 0 aliphatic carbocycles. The summed E-state index contributed by atoms with van der Waals surface area (Å²) in [6.45, 7) is 2.32. The maximum absolute atomic E-state index is 11.7. The van der Waals surface area contributed by atoms with Crippen LogP contribution >= 0.6 is 23.2 Å². The van der Waals surface area contributed by atoms with Crippen molar-refractivity contribution in [3.05, 3.63) is 74.1 Å². The quantitative estimate of drug-likeness (QED) is 0.684. The third-order valence-electron chi connectivity index (χ3n) is 3.45. The molecule has 1 N–H and O–H groups in total. The highest BCUT2D eigenvalue weighted by atomic mass is 35.5. The number of benzene rings is 2. The number of fused-ring (bicyclic) bond motifs is 1. The minimum atomic E-state index is -0.384. The van der Waals surface area contributed by atoms with Gasteiger partial charge in [-0.2, -0.15) is 0 Å². The summed E-state index contributed by atoms with van der Waals surface area (Å²) in [6.07, 6.45) is 0. The second-order valence-corrected chi connectivity index (χ2v) is 5.84. The minimum absolute atomic E-state index is 0.384. The molecule has 3 nitrogen and oxygen atoms in total. The summed E-state index contributed by atoms with van der Waals surface area (Å²) in [5.74, 6) is 0. The lowest BCUT2D eigenvalue weighted by Gasteiger charge is -2.10. The van der Waals surface area contributed by atoms with Crippen molar-refractivity contribution in [2.24, 2.45) is 0 Å². The molecule has 0 amide bonds. The Morgan fingerprint density at radius 2 is 1.86 bits per heavy atom. The van der Waals surface area contributed by atoms with Crippen molar-refractivity contribution in [2.45, 2.75) is 13.5 Å². The normalized spacial score (nSPS) is 10.9. The molecule has 112 valence electrons. The number of anilines is 1. The zero-order valence-electron chi connectivity index (χ0n) is 11.8. The Morgan fingerprint density at radius 3 is 2.64 bits per heavy atom. The average molecular weight is 334 g/mol. The zero-order chi connectivity index (χ0) is 15.7. The predicted molar refractivity (Wildman–Crippen MR) is 91.0 cm³/mol. The molecule has 0 aliphatic rings. The van der Waals surface area contributed by atoms with E-state index in [0.717, 1.165) is 22.2 Å². The van der Waals surface area contributed by atoms with Crippen molar-refractivity contribution in [1.82, 2.24) is 0 Å². The number of aryl methyl sites for hydroxylation is 1. The van der Waals surface area contributed by atoms with Crippen molar-refractivity contribution < 1.29 is 4.42 Å². The summed E-state index contributed by atoms with van der Waals surface area (Å²) < 4.78 is 5.25. The first-order chi connectivity index (χ1) is 10.5. The van der Waals surface area contributed by atoms with Gasteiger partial charge in [0.1, 0.15) is 5.58 Å². The lowest BCUT2D eigenvalue weighted by atomic mass is 10.1. The van der Waals surface area contributed by atoms with Crippen LogP contribution in [0.15, 0.2) is 51.7 Å². The van der Waals surface area contributed by atoms with Crippen LogP contribution in [0.3, 0.4) is 0 Å². The van der Waals surface area contributed by atoms with Gasteiger partial charge in [0.15, 0.2) is 0 Å². The topological polar surface area (TPSA) is 42.2 Å². The van der Waals surface area contributed by atoms with E-state index in [1.54, 1.807) is 6.07 Å². The number of hydrogen-bond acceptors (Lipinski definition) is 3. The van der Waals surface area contributed by atoms with Crippen LogP contribution in [0.1, 0.15) is 11.1 Å². The molecule has 0 spiro atoms. The first-order valence-electron chi connectivity index (χ1n) is 6.76. The molecule has 1 aromatic heterocycles. The van der Waals surface area contributed by atoms with E-state index in [-0.39, 0.29) is 5.63 Å². The highest BCUT2D eigenvalue weighted by Gasteiger charge is 2.09. The van der Waals surface area contributed by atoms with Crippen molar-refractivity contribution >= 4 is 39.9 Å². The van der Waals surface area contributed by atoms with Crippen molar-refractivity contribution in [2.75, 3.05) is 5.32 Å². The maximum Gasteiger partial charge on any atom is 0.336 e. The molecule has 0 aliphatic heterocycles. The van der Waals surface area contributed by atoms with E-state index in [9.17, 15) is 4.79 Å². The van der Waals surface area contributed by atoms with Gasteiger partial charge in [0.2, 0.25) is 0 Å². The maximum atomic E-state index is 11.7. The molecule has 0 fully saturated rings. The Morgan fingerprint density at radius 1 is 1.09 bits per heavy atom. The van der Waals surface area contributed by atoms with Gasteiger partial charge in [-0.1, -0.05) is 35.3 Å². The van der Waals surface area contributed by atoms with E-state index in [0.29, 0.717) is 22.2 Å². The second kappa shape index (κ2) is 6.03. The van der Waals surface area contributed by atoms with E-state index < -0.39 is 0 Å². The molecule has 0 unspecified atom stereocenters. The molecule has 5 heteroatoms. The Balaban J connectivity index is 2.01. The molecular weight excluding hydrogens is 321 g/mol. The molecule has 0 radical (unpaired) electrons. The Hall–Kier alpha value is -1.97. The van der Waals surface area contributed by atoms with Gasteiger partial charge in [-0.25, -0.2) is 4.79 Å². The highest BCUT2D eigenvalue weighted by Crippen LogP contribution is 2.26. The Kier molecular flexibility index (Phi) is 4.10. The van der Waals surface area contributed by atoms with Gasteiger partial charge in [0.05, 0.1) is 10.7 Å². The predicted octanol–water partition coefficient (Wildman–Crippen LogP) is 5.02. The van der Waals surface area contributed by atoms with E-state index >= 15 is 0 Å². The molecular formula is C17H13Cl2NO2. The molecule has 2 aromatic carbocycles. The van der Waals surface area contributed by atoms with Crippen molar-refractivity contribution in [1.29, 1.82) is 0 Å². The lowest BCUT2D eigenvalue weighted by Crippen LogP contribution is -2.06. The molecule has 0 atom stereocenters. The summed E-state index contributed by atoms with van der Waals surface area (Å²) in [5, 5.41) is 5.31. The summed E-state index contributed by atoms with van der Waals surface area (Å²) in [6, 6.07) is 12.5. The number of hydrogen-bond donors (Lipinski definition) is 1. The number of para-hydroxylation sites is 1. The van der Waals surface area contributed by atoms with Crippen LogP contribution in [-0.2, 0) is 6.54 Å². The lowest BCUT2D eigenvalue weighted by molar-refractivity contribution is 0.559. The number of nitrogens with one attached hydrogen (secondary N) is 1. The zero-order valence-corrected chi connectivity index (χ0v) is 13.3. The summed E-state index contributed by atoms with van der Waals surface area (Å²) in [4.78, 5) is 11.7. The first-order valence-corrected chi connectivity index (χ1v) is 7.51. The molecule has 0 saturated carbocycles. The van der Waals surface area contributed by atoms with Crippen LogP contribution in [0.4, 0.5) is 5.69 Å². The van der Waals surface area contributed by atoms with Gasteiger partial charge >= 0.3 is 5.63 Å². The molecule has 1 heterocycles. The average Bonchev–Trinajstić information content (AvgIpc) is 2.48. The van der Waals surface area contributed by atoms with E-state index in [1.165, 1.54) is 6.07 Å². The van der Waals surface area contributed by atoms with Gasteiger partial charge in [-0.05, 0) is 42.3 Å². The molecule has 22 heavy (non-hydrogen) atoms. The summed E-state index contributed by atoms with van der Waals surface area (Å²) in [5.41, 5.74) is 2.64. The molecule has 3 rings (SSSR count). The number of halogens is 2. The smallest absolute Gasteiger partial charge is 0.336 e. The van der Waals surface area contributed by atoms with Crippen LogP contribution in [0.5, 0.6) is 0 Å². The standard InChI is InChI=1S/C17H13Cl2NO2/c1-10-6-16-12(8-14(10)19)11(7-17(21)22-16)9-20-15-5-3-2-4-13(15)18/h2-8,20H,9H2,1H3. The number of rotatable bonds is 3. The summed E-state index contributed by atoms with van der Waals surface area (Å²) in [7, 11) is 0. The van der Waals surface area contributed by atoms with E-state index in [2.05, 4.69) is 5.32 Å². The van der Waals surface area contributed by atoms with Gasteiger partial charge < -0.3 is 9.73 Å². The van der Waals surface area contributed by atoms with Crippen LogP contribution in [-0.4, -0.2) is 0 Å².